The number of anilines is 1. The van der Waals surface area contributed by atoms with Gasteiger partial charge in [-0.3, -0.25) is 9.59 Å². The molecule has 1 unspecified atom stereocenters. The van der Waals surface area contributed by atoms with Crippen LogP contribution in [0.2, 0.25) is 0 Å². The van der Waals surface area contributed by atoms with E-state index in [1.165, 1.54) is 18.2 Å². The van der Waals surface area contributed by atoms with Crippen molar-refractivity contribution in [2.24, 2.45) is 5.92 Å². The number of rotatable bonds is 6. The lowest BCUT2D eigenvalue weighted by Gasteiger charge is -2.17. The molecule has 0 spiro atoms. The molecule has 1 aliphatic rings. The summed E-state index contributed by atoms with van der Waals surface area (Å²) in [7, 11) is 1.62. The lowest BCUT2D eigenvalue weighted by molar-refractivity contribution is -0.128. The van der Waals surface area contributed by atoms with Gasteiger partial charge >= 0.3 is 0 Å². The number of halogens is 1. The van der Waals surface area contributed by atoms with Gasteiger partial charge in [0.25, 0.3) is 0 Å². The SMILES string of the molecule is COc1ccccc1CCN1CC(C(=O)Nc2cccc(F)c2)CC1=O. The normalized spacial score (nSPS) is 16.6. The number of nitrogens with one attached hydrogen (secondary N) is 1. The Balaban J connectivity index is 1.57. The molecule has 5 nitrogen and oxygen atoms in total. The maximum Gasteiger partial charge on any atom is 0.229 e. The Morgan fingerprint density at radius 2 is 2.08 bits per heavy atom. The van der Waals surface area contributed by atoms with Crippen molar-refractivity contribution in [2.45, 2.75) is 12.8 Å². The van der Waals surface area contributed by atoms with Crippen LogP contribution in [0.5, 0.6) is 5.75 Å². The Labute approximate surface area is 151 Å². The number of methoxy groups -OCH3 is 1. The van der Waals surface area contributed by atoms with Crippen molar-refractivity contribution >= 4 is 17.5 Å². The average molecular weight is 356 g/mol. The molecule has 6 heteroatoms. The number of carbonyl (C=O) groups excluding carboxylic acids is 2. The van der Waals surface area contributed by atoms with Crippen molar-refractivity contribution in [3.05, 3.63) is 59.9 Å². The van der Waals surface area contributed by atoms with E-state index in [9.17, 15) is 14.0 Å². The van der Waals surface area contributed by atoms with Crippen LogP contribution in [-0.4, -0.2) is 36.9 Å². The van der Waals surface area contributed by atoms with Crippen molar-refractivity contribution in [1.82, 2.24) is 4.90 Å². The van der Waals surface area contributed by atoms with E-state index in [4.69, 9.17) is 4.74 Å². The first kappa shape index (κ1) is 17.9. The Morgan fingerprint density at radius 1 is 1.27 bits per heavy atom. The van der Waals surface area contributed by atoms with Gasteiger partial charge in [0.05, 0.1) is 13.0 Å². The highest BCUT2D eigenvalue weighted by Crippen LogP contribution is 2.23. The first-order valence-corrected chi connectivity index (χ1v) is 8.53. The van der Waals surface area contributed by atoms with Crippen molar-refractivity contribution in [3.8, 4) is 5.75 Å². The van der Waals surface area contributed by atoms with Crippen molar-refractivity contribution < 1.29 is 18.7 Å². The summed E-state index contributed by atoms with van der Waals surface area (Å²) in [5.74, 6) is -0.352. The van der Waals surface area contributed by atoms with Gasteiger partial charge in [0.2, 0.25) is 11.8 Å². The quantitative estimate of drug-likeness (QED) is 0.866. The monoisotopic (exact) mass is 356 g/mol. The molecule has 0 aliphatic carbocycles. The van der Waals surface area contributed by atoms with Crippen LogP contribution >= 0.6 is 0 Å². The van der Waals surface area contributed by atoms with Gasteiger partial charge in [-0.1, -0.05) is 24.3 Å². The highest BCUT2D eigenvalue weighted by molar-refractivity contribution is 5.97. The summed E-state index contributed by atoms with van der Waals surface area (Å²) in [5.41, 5.74) is 1.42. The third kappa shape index (κ3) is 4.20. The van der Waals surface area contributed by atoms with Gasteiger partial charge in [-0.05, 0) is 36.2 Å². The van der Waals surface area contributed by atoms with E-state index >= 15 is 0 Å². The fraction of sp³-hybridized carbons (Fsp3) is 0.300. The molecular formula is C20H21FN2O3. The molecule has 0 aromatic heterocycles. The van der Waals surface area contributed by atoms with Crippen LogP contribution in [0, 0.1) is 11.7 Å². The molecule has 0 bridgehead atoms. The van der Waals surface area contributed by atoms with Gasteiger partial charge in [-0.2, -0.15) is 0 Å². The summed E-state index contributed by atoms with van der Waals surface area (Å²) >= 11 is 0. The molecule has 0 radical (unpaired) electrons. The smallest absolute Gasteiger partial charge is 0.229 e. The first-order chi connectivity index (χ1) is 12.6. The Bertz CT molecular complexity index is 809. The fourth-order valence-corrected chi connectivity index (χ4v) is 3.14. The summed E-state index contributed by atoms with van der Waals surface area (Å²) in [4.78, 5) is 26.3. The van der Waals surface area contributed by atoms with Gasteiger partial charge < -0.3 is 15.0 Å². The van der Waals surface area contributed by atoms with E-state index in [0.717, 1.165) is 11.3 Å². The standard InChI is InChI=1S/C20H21FN2O3/c1-26-18-8-3-2-5-14(18)9-10-23-13-15(11-19(23)24)20(25)22-17-7-4-6-16(21)12-17/h2-8,12,15H,9-11,13H2,1H3,(H,22,25). The lowest BCUT2D eigenvalue weighted by Crippen LogP contribution is -2.30. The number of hydrogen-bond donors (Lipinski definition) is 1. The number of benzene rings is 2. The molecule has 1 N–H and O–H groups in total. The van der Waals surface area contributed by atoms with Crippen molar-refractivity contribution in [3.63, 3.8) is 0 Å². The molecule has 3 rings (SSSR count). The first-order valence-electron chi connectivity index (χ1n) is 8.53. The van der Waals surface area contributed by atoms with E-state index in [2.05, 4.69) is 5.32 Å². The number of ether oxygens (including phenoxy) is 1. The molecule has 1 fully saturated rings. The summed E-state index contributed by atoms with van der Waals surface area (Å²) in [6, 6.07) is 13.4. The van der Waals surface area contributed by atoms with Crippen LogP contribution in [-0.2, 0) is 16.0 Å². The van der Waals surface area contributed by atoms with Gasteiger partial charge in [0, 0.05) is 25.2 Å². The zero-order chi connectivity index (χ0) is 18.5. The van der Waals surface area contributed by atoms with Crippen LogP contribution in [0.15, 0.2) is 48.5 Å². The summed E-state index contributed by atoms with van der Waals surface area (Å²) in [6.45, 7) is 0.901. The van der Waals surface area contributed by atoms with Gasteiger partial charge in [-0.15, -0.1) is 0 Å². The minimum Gasteiger partial charge on any atom is -0.496 e. The van der Waals surface area contributed by atoms with Gasteiger partial charge in [-0.25, -0.2) is 4.39 Å². The minimum absolute atomic E-state index is 0.0423. The number of para-hydroxylation sites is 1. The van der Waals surface area contributed by atoms with Crippen molar-refractivity contribution in [1.29, 1.82) is 0 Å². The van der Waals surface area contributed by atoms with Gasteiger partial charge in [0.15, 0.2) is 0 Å². The molecule has 2 aromatic rings. The molecule has 136 valence electrons. The maximum atomic E-state index is 13.2. The molecule has 2 amide bonds. The third-order valence-electron chi connectivity index (χ3n) is 4.52. The number of amides is 2. The van der Waals surface area contributed by atoms with E-state index in [-0.39, 0.29) is 18.2 Å². The van der Waals surface area contributed by atoms with Crippen LogP contribution in [0.25, 0.3) is 0 Å². The van der Waals surface area contributed by atoms with Crippen LogP contribution in [0.1, 0.15) is 12.0 Å². The average Bonchev–Trinajstić information content (AvgIpc) is 3.01. The van der Waals surface area contributed by atoms with Crippen LogP contribution in [0.3, 0.4) is 0 Å². The van der Waals surface area contributed by atoms with Crippen LogP contribution < -0.4 is 10.1 Å². The number of likely N-dealkylation sites (tertiary alicyclic amines) is 1. The summed E-state index contributed by atoms with van der Waals surface area (Å²) < 4.78 is 18.5. The molecule has 0 saturated carbocycles. The van der Waals surface area contributed by atoms with Crippen LogP contribution in [0.4, 0.5) is 10.1 Å². The van der Waals surface area contributed by atoms with E-state index in [1.807, 2.05) is 24.3 Å². The van der Waals surface area contributed by atoms with Gasteiger partial charge in [0.1, 0.15) is 11.6 Å². The number of carbonyl (C=O) groups is 2. The molecule has 26 heavy (non-hydrogen) atoms. The van der Waals surface area contributed by atoms with E-state index in [1.54, 1.807) is 18.1 Å². The Hall–Kier alpha value is -2.89. The van der Waals surface area contributed by atoms with E-state index < -0.39 is 11.7 Å². The highest BCUT2D eigenvalue weighted by atomic mass is 19.1. The molecule has 2 aromatic carbocycles. The van der Waals surface area contributed by atoms with Crippen molar-refractivity contribution in [2.75, 3.05) is 25.5 Å². The topological polar surface area (TPSA) is 58.6 Å². The highest BCUT2D eigenvalue weighted by Gasteiger charge is 2.34. The molecule has 1 aliphatic heterocycles. The predicted octanol–water partition coefficient (Wildman–Crippen LogP) is 2.86. The second kappa shape index (κ2) is 7.99. The minimum atomic E-state index is -0.427. The Morgan fingerprint density at radius 3 is 2.85 bits per heavy atom. The lowest BCUT2D eigenvalue weighted by atomic mass is 10.1. The second-order valence-electron chi connectivity index (χ2n) is 6.30. The second-order valence-corrected chi connectivity index (χ2v) is 6.30. The predicted molar refractivity (Wildman–Crippen MR) is 96.4 cm³/mol. The Kier molecular flexibility index (Phi) is 5.51. The molecule has 1 saturated heterocycles. The summed E-state index contributed by atoms with van der Waals surface area (Å²) in [6.07, 6.45) is 0.834. The number of nitrogens with zero attached hydrogens (tertiary/aromatic N) is 1. The third-order valence-corrected chi connectivity index (χ3v) is 4.52. The zero-order valence-corrected chi connectivity index (χ0v) is 14.6. The molecule has 1 heterocycles. The zero-order valence-electron chi connectivity index (χ0n) is 14.6. The molecule has 1 atom stereocenters. The van der Waals surface area contributed by atoms with E-state index in [0.29, 0.717) is 25.2 Å². The largest absolute Gasteiger partial charge is 0.496 e. The number of hydrogen-bond acceptors (Lipinski definition) is 3. The molecular weight excluding hydrogens is 335 g/mol. The summed E-state index contributed by atoms with van der Waals surface area (Å²) in [5, 5.41) is 2.68. The maximum absolute atomic E-state index is 13.2. The fourth-order valence-electron chi connectivity index (χ4n) is 3.14.